The minimum Gasteiger partial charge on any atom is -0.261 e. The molecular formula is C11H8BrFN2. The Kier molecular flexibility index (Phi) is 3.06. The molecule has 0 atom stereocenters. The Balaban J connectivity index is 2.43. The maximum atomic E-state index is 13.5. The minimum absolute atomic E-state index is 0.227. The Morgan fingerprint density at radius 2 is 2.13 bits per heavy atom. The van der Waals surface area contributed by atoms with Crippen LogP contribution in [0.3, 0.4) is 0 Å². The van der Waals surface area contributed by atoms with Crippen LogP contribution in [0.5, 0.6) is 0 Å². The molecule has 0 amide bonds. The lowest BCUT2D eigenvalue weighted by Gasteiger charge is -2.02. The van der Waals surface area contributed by atoms with Crippen molar-refractivity contribution in [2.24, 2.45) is 0 Å². The molecule has 0 spiro atoms. The predicted molar refractivity (Wildman–Crippen MR) is 60.1 cm³/mol. The van der Waals surface area contributed by atoms with Crippen LogP contribution in [-0.2, 0) is 5.33 Å². The highest BCUT2D eigenvalue weighted by Gasteiger charge is 2.04. The van der Waals surface area contributed by atoms with Gasteiger partial charge < -0.3 is 0 Å². The fraction of sp³-hybridized carbons (Fsp3) is 0.0909. The molecule has 0 N–H and O–H groups in total. The molecule has 15 heavy (non-hydrogen) atoms. The van der Waals surface area contributed by atoms with Gasteiger partial charge in [0.2, 0.25) is 0 Å². The molecule has 4 heteroatoms. The van der Waals surface area contributed by atoms with E-state index in [0.717, 1.165) is 5.56 Å². The highest BCUT2D eigenvalue weighted by molar-refractivity contribution is 9.08. The van der Waals surface area contributed by atoms with Gasteiger partial charge in [-0.3, -0.25) is 9.97 Å². The van der Waals surface area contributed by atoms with Gasteiger partial charge >= 0.3 is 0 Å². The Bertz CT molecular complexity index is 459. The van der Waals surface area contributed by atoms with Crippen LogP contribution in [0.4, 0.5) is 4.39 Å². The van der Waals surface area contributed by atoms with Crippen molar-refractivity contribution in [3.8, 4) is 11.3 Å². The molecule has 1 aromatic heterocycles. The molecule has 2 nitrogen and oxygen atoms in total. The van der Waals surface area contributed by atoms with E-state index in [0.29, 0.717) is 16.6 Å². The van der Waals surface area contributed by atoms with Crippen LogP contribution in [0.1, 0.15) is 5.56 Å². The summed E-state index contributed by atoms with van der Waals surface area (Å²) < 4.78 is 13.5. The summed E-state index contributed by atoms with van der Waals surface area (Å²) in [5.41, 5.74) is 2.06. The third-order valence-electron chi connectivity index (χ3n) is 2.06. The number of alkyl halides is 1. The number of nitrogens with zero attached hydrogens (tertiary/aromatic N) is 2. The zero-order chi connectivity index (χ0) is 10.7. The fourth-order valence-electron chi connectivity index (χ4n) is 1.26. The third-order valence-corrected chi connectivity index (χ3v) is 2.66. The minimum atomic E-state index is -0.227. The van der Waals surface area contributed by atoms with Gasteiger partial charge in [0.1, 0.15) is 5.82 Å². The number of benzene rings is 1. The van der Waals surface area contributed by atoms with Gasteiger partial charge in [0, 0.05) is 23.3 Å². The van der Waals surface area contributed by atoms with Crippen molar-refractivity contribution in [2.45, 2.75) is 5.33 Å². The summed E-state index contributed by atoms with van der Waals surface area (Å²) in [4.78, 5) is 8.04. The van der Waals surface area contributed by atoms with Crippen LogP contribution in [0.2, 0.25) is 0 Å². The quantitative estimate of drug-likeness (QED) is 0.781. The molecule has 0 saturated carbocycles. The first-order valence-corrected chi connectivity index (χ1v) is 5.54. The second kappa shape index (κ2) is 4.49. The molecule has 76 valence electrons. The Morgan fingerprint density at radius 3 is 2.73 bits per heavy atom. The maximum absolute atomic E-state index is 13.5. The van der Waals surface area contributed by atoms with E-state index in [-0.39, 0.29) is 5.82 Å². The van der Waals surface area contributed by atoms with Gasteiger partial charge in [-0.15, -0.1) is 0 Å². The summed E-state index contributed by atoms with van der Waals surface area (Å²) in [6, 6.07) is 5.05. The number of hydrogen-bond donors (Lipinski definition) is 0. The van der Waals surface area contributed by atoms with Crippen LogP contribution >= 0.6 is 15.9 Å². The number of aromatic nitrogens is 2. The summed E-state index contributed by atoms with van der Waals surface area (Å²) in [6.07, 6.45) is 4.79. The van der Waals surface area contributed by atoms with Gasteiger partial charge in [-0.1, -0.05) is 28.1 Å². The SMILES string of the molecule is Fc1cc(-c2cnccn2)ccc1CBr. The van der Waals surface area contributed by atoms with E-state index in [4.69, 9.17) is 0 Å². The van der Waals surface area contributed by atoms with E-state index in [1.807, 2.05) is 6.07 Å². The van der Waals surface area contributed by atoms with Crippen molar-refractivity contribution in [2.75, 3.05) is 0 Å². The highest BCUT2D eigenvalue weighted by atomic mass is 79.9. The Morgan fingerprint density at radius 1 is 1.27 bits per heavy atom. The largest absolute Gasteiger partial charge is 0.261 e. The predicted octanol–water partition coefficient (Wildman–Crippen LogP) is 3.18. The molecule has 0 unspecified atom stereocenters. The van der Waals surface area contributed by atoms with Gasteiger partial charge in [0.25, 0.3) is 0 Å². The van der Waals surface area contributed by atoms with Crippen LogP contribution in [-0.4, -0.2) is 9.97 Å². The van der Waals surface area contributed by atoms with Gasteiger partial charge in [0.15, 0.2) is 0 Å². The van der Waals surface area contributed by atoms with Crippen LogP contribution in [0, 0.1) is 5.82 Å². The third kappa shape index (κ3) is 2.21. The Hall–Kier alpha value is -1.29. The van der Waals surface area contributed by atoms with E-state index in [1.54, 1.807) is 24.7 Å². The molecule has 2 rings (SSSR count). The highest BCUT2D eigenvalue weighted by Crippen LogP contribution is 2.20. The van der Waals surface area contributed by atoms with Crippen molar-refractivity contribution in [1.82, 2.24) is 9.97 Å². The van der Waals surface area contributed by atoms with Crippen molar-refractivity contribution < 1.29 is 4.39 Å². The average Bonchev–Trinajstić information content (AvgIpc) is 2.30. The molecule has 0 aliphatic heterocycles. The first-order valence-electron chi connectivity index (χ1n) is 4.42. The molecule has 1 aromatic carbocycles. The van der Waals surface area contributed by atoms with Gasteiger partial charge in [-0.05, 0) is 11.6 Å². The number of hydrogen-bond acceptors (Lipinski definition) is 2. The smallest absolute Gasteiger partial charge is 0.127 e. The number of rotatable bonds is 2. The van der Waals surface area contributed by atoms with Crippen molar-refractivity contribution in [3.05, 3.63) is 48.2 Å². The topological polar surface area (TPSA) is 25.8 Å². The summed E-state index contributed by atoms with van der Waals surface area (Å²) in [7, 11) is 0. The van der Waals surface area contributed by atoms with Crippen LogP contribution < -0.4 is 0 Å². The van der Waals surface area contributed by atoms with E-state index >= 15 is 0 Å². The molecule has 1 heterocycles. The second-order valence-corrected chi connectivity index (χ2v) is 3.59. The molecule has 0 fully saturated rings. The molecule has 0 aliphatic rings. The van der Waals surface area contributed by atoms with Crippen LogP contribution in [0.15, 0.2) is 36.8 Å². The van der Waals surface area contributed by atoms with Crippen molar-refractivity contribution in [1.29, 1.82) is 0 Å². The van der Waals surface area contributed by atoms with Gasteiger partial charge in [-0.2, -0.15) is 0 Å². The van der Waals surface area contributed by atoms with E-state index in [9.17, 15) is 4.39 Å². The summed E-state index contributed by atoms with van der Waals surface area (Å²) in [5.74, 6) is -0.227. The molecule has 0 bridgehead atoms. The van der Waals surface area contributed by atoms with E-state index < -0.39 is 0 Å². The van der Waals surface area contributed by atoms with Crippen molar-refractivity contribution >= 4 is 15.9 Å². The van der Waals surface area contributed by atoms with E-state index in [2.05, 4.69) is 25.9 Å². The molecule has 0 radical (unpaired) electrons. The lowest BCUT2D eigenvalue weighted by Crippen LogP contribution is -1.89. The van der Waals surface area contributed by atoms with Crippen LogP contribution in [0.25, 0.3) is 11.3 Å². The van der Waals surface area contributed by atoms with Gasteiger partial charge in [0.05, 0.1) is 11.9 Å². The lowest BCUT2D eigenvalue weighted by molar-refractivity contribution is 0.618. The lowest BCUT2D eigenvalue weighted by atomic mass is 10.1. The summed E-state index contributed by atoms with van der Waals surface area (Å²) in [6.45, 7) is 0. The Labute approximate surface area is 95.3 Å². The first kappa shape index (κ1) is 10.2. The first-order chi connectivity index (χ1) is 7.31. The number of halogens is 2. The second-order valence-electron chi connectivity index (χ2n) is 3.03. The molecule has 0 saturated heterocycles. The summed E-state index contributed by atoms with van der Waals surface area (Å²) in [5, 5.41) is 0.513. The average molecular weight is 267 g/mol. The standard InChI is InChI=1S/C11H8BrFN2/c12-6-9-2-1-8(5-10(9)13)11-7-14-3-4-15-11/h1-5,7H,6H2. The van der Waals surface area contributed by atoms with E-state index in [1.165, 1.54) is 6.07 Å². The monoisotopic (exact) mass is 266 g/mol. The molecule has 0 aliphatic carbocycles. The fourth-order valence-corrected chi connectivity index (χ4v) is 1.72. The zero-order valence-corrected chi connectivity index (χ0v) is 9.41. The normalized spacial score (nSPS) is 10.3. The van der Waals surface area contributed by atoms with Gasteiger partial charge in [-0.25, -0.2) is 4.39 Å². The zero-order valence-electron chi connectivity index (χ0n) is 7.82. The molecular weight excluding hydrogens is 259 g/mol. The van der Waals surface area contributed by atoms with Crippen molar-refractivity contribution in [3.63, 3.8) is 0 Å². The maximum Gasteiger partial charge on any atom is 0.127 e. The summed E-state index contributed by atoms with van der Waals surface area (Å²) >= 11 is 3.22. The molecule has 2 aromatic rings.